The monoisotopic (exact) mass is 193 g/mol. The Balaban J connectivity index is 1.82. The third-order valence-corrected chi connectivity index (χ3v) is 5.39. The molecule has 3 aliphatic carbocycles. The van der Waals surface area contributed by atoms with E-state index in [1.54, 1.807) is 12.8 Å². The molecule has 0 radical (unpaired) electrons. The van der Waals surface area contributed by atoms with Crippen LogP contribution >= 0.6 is 0 Å². The topological polar surface area (TPSA) is 26.0 Å². The van der Waals surface area contributed by atoms with Gasteiger partial charge in [-0.1, -0.05) is 6.42 Å². The molecular weight excluding hydrogens is 170 g/mol. The lowest BCUT2D eigenvalue weighted by molar-refractivity contribution is -0.0374. The number of hydrogen-bond acceptors (Lipinski definition) is 1. The molecule has 1 nitrogen and oxygen atoms in total. The highest BCUT2D eigenvalue weighted by Crippen LogP contribution is 2.59. The lowest BCUT2D eigenvalue weighted by atomic mass is 9.51. The molecule has 2 N–H and O–H groups in total. The smallest absolute Gasteiger partial charge is 0.00720 e. The van der Waals surface area contributed by atoms with Crippen molar-refractivity contribution in [1.82, 2.24) is 0 Å². The molecule has 3 aliphatic rings. The standard InChI is InChI=1S/C13H23N/c14-6-5-13-4-3-11-2-1-10(8-13)7-12(11)9-13/h10-12H,1-9,14H2. The first kappa shape index (κ1) is 9.21. The Morgan fingerprint density at radius 2 is 2.00 bits per heavy atom. The van der Waals surface area contributed by atoms with E-state index in [4.69, 9.17) is 5.73 Å². The van der Waals surface area contributed by atoms with Crippen molar-refractivity contribution in [2.75, 3.05) is 6.54 Å². The van der Waals surface area contributed by atoms with Crippen LogP contribution in [0.25, 0.3) is 0 Å². The average molecular weight is 193 g/mol. The lowest BCUT2D eigenvalue weighted by Crippen LogP contribution is -2.44. The van der Waals surface area contributed by atoms with Crippen molar-refractivity contribution in [3.8, 4) is 0 Å². The molecule has 0 amide bonds. The molecule has 3 fully saturated rings. The minimum Gasteiger partial charge on any atom is -0.330 e. The van der Waals surface area contributed by atoms with Gasteiger partial charge in [-0.05, 0) is 74.7 Å². The van der Waals surface area contributed by atoms with Gasteiger partial charge in [0.25, 0.3) is 0 Å². The van der Waals surface area contributed by atoms with E-state index in [1.807, 2.05) is 0 Å². The van der Waals surface area contributed by atoms with Gasteiger partial charge in [0.2, 0.25) is 0 Å². The summed E-state index contributed by atoms with van der Waals surface area (Å²) in [6.07, 6.45) is 12.0. The van der Waals surface area contributed by atoms with Gasteiger partial charge >= 0.3 is 0 Å². The quantitative estimate of drug-likeness (QED) is 0.717. The normalized spacial score (nSPS) is 50.8. The number of nitrogens with two attached hydrogens (primary N) is 1. The van der Waals surface area contributed by atoms with Crippen LogP contribution in [0, 0.1) is 23.2 Å². The molecule has 0 aromatic heterocycles. The molecule has 1 heteroatoms. The second kappa shape index (κ2) is 3.23. The first-order chi connectivity index (χ1) is 6.81. The summed E-state index contributed by atoms with van der Waals surface area (Å²) in [7, 11) is 0. The minimum atomic E-state index is 0.708. The molecule has 0 saturated heterocycles. The summed E-state index contributed by atoms with van der Waals surface area (Å²) in [5.74, 6) is 3.29. The minimum absolute atomic E-state index is 0.708. The van der Waals surface area contributed by atoms with Crippen molar-refractivity contribution in [3.05, 3.63) is 0 Å². The fraction of sp³-hybridized carbons (Fsp3) is 1.00. The van der Waals surface area contributed by atoms with Crippen LogP contribution in [0.2, 0.25) is 0 Å². The van der Waals surface area contributed by atoms with Crippen LogP contribution in [-0.4, -0.2) is 6.54 Å². The molecule has 0 aromatic rings. The summed E-state index contributed by atoms with van der Waals surface area (Å²) in [6, 6.07) is 0. The molecule has 3 rings (SSSR count). The summed E-state index contributed by atoms with van der Waals surface area (Å²) in [5, 5.41) is 0. The van der Waals surface area contributed by atoms with Crippen molar-refractivity contribution in [3.63, 3.8) is 0 Å². The first-order valence-electron chi connectivity index (χ1n) is 6.51. The van der Waals surface area contributed by atoms with Gasteiger partial charge < -0.3 is 5.73 Å². The fourth-order valence-corrected chi connectivity index (χ4v) is 4.82. The van der Waals surface area contributed by atoms with Gasteiger partial charge in [-0.25, -0.2) is 0 Å². The third kappa shape index (κ3) is 1.32. The predicted molar refractivity (Wildman–Crippen MR) is 58.9 cm³/mol. The number of fused-ring (bicyclic) bond motifs is 2. The highest BCUT2D eigenvalue weighted by Gasteiger charge is 2.48. The molecule has 4 atom stereocenters. The Morgan fingerprint density at radius 3 is 2.86 bits per heavy atom. The molecule has 0 aromatic carbocycles. The van der Waals surface area contributed by atoms with E-state index in [-0.39, 0.29) is 0 Å². The van der Waals surface area contributed by atoms with Gasteiger partial charge in [-0.2, -0.15) is 0 Å². The van der Waals surface area contributed by atoms with E-state index in [0.29, 0.717) is 5.41 Å². The molecule has 80 valence electrons. The van der Waals surface area contributed by atoms with E-state index in [2.05, 4.69) is 0 Å². The summed E-state index contributed by atoms with van der Waals surface area (Å²) in [4.78, 5) is 0. The zero-order valence-corrected chi connectivity index (χ0v) is 9.17. The highest BCUT2D eigenvalue weighted by atomic mass is 14.6. The van der Waals surface area contributed by atoms with Crippen LogP contribution in [0.5, 0.6) is 0 Å². The third-order valence-electron chi connectivity index (χ3n) is 5.39. The summed E-state index contributed by atoms with van der Waals surface area (Å²) >= 11 is 0. The van der Waals surface area contributed by atoms with E-state index in [1.165, 1.54) is 38.5 Å². The Labute approximate surface area is 87.4 Å². The zero-order valence-electron chi connectivity index (χ0n) is 9.17. The molecule has 3 bridgehead atoms. The first-order valence-corrected chi connectivity index (χ1v) is 6.51. The Bertz CT molecular complexity index is 221. The Hall–Kier alpha value is -0.0400. The molecule has 14 heavy (non-hydrogen) atoms. The van der Waals surface area contributed by atoms with Crippen LogP contribution in [0.3, 0.4) is 0 Å². The van der Waals surface area contributed by atoms with E-state index >= 15 is 0 Å². The second-order valence-electron chi connectivity index (χ2n) is 6.18. The molecule has 4 unspecified atom stereocenters. The SMILES string of the molecule is NCCC12CCC3CCC(CC3C1)C2. The zero-order chi connectivity index (χ0) is 9.60. The summed E-state index contributed by atoms with van der Waals surface area (Å²) in [6.45, 7) is 0.921. The maximum Gasteiger partial charge on any atom is -0.00720 e. The van der Waals surface area contributed by atoms with Crippen LogP contribution in [0.1, 0.15) is 51.4 Å². The van der Waals surface area contributed by atoms with Crippen LogP contribution in [0.15, 0.2) is 0 Å². The number of rotatable bonds is 2. The van der Waals surface area contributed by atoms with E-state index < -0.39 is 0 Å². The van der Waals surface area contributed by atoms with Crippen molar-refractivity contribution in [2.45, 2.75) is 51.4 Å². The largest absolute Gasteiger partial charge is 0.330 e. The van der Waals surface area contributed by atoms with Gasteiger partial charge in [0.1, 0.15) is 0 Å². The molecule has 0 heterocycles. The second-order valence-corrected chi connectivity index (χ2v) is 6.18. The average Bonchev–Trinajstić information content (AvgIpc) is 2.15. The Morgan fingerprint density at radius 1 is 1.07 bits per heavy atom. The summed E-state index contributed by atoms with van der Waals surface area (Å²) in [5.41, 5.74) is 6.50. The highest BCUT2D eigenvalue weighted by molar-refractivity contribution is 4.99. The van der Waals surface area contributed by atoms with E-state index in [0.717, 1.165) is 24.3 Å². The van der Waals surface area contributed by atoms with Crippen LogP contribution in [-0.2, 0) is 0 Å². The lowest BCUT2D eigenvalue weighted by Gasteiger charge is -2.55. The molecule has 0 aliphatic heterocycles. The van der Waals surface area contributed by atoms with Gasteiger partial charge in [0.05, 0.1) is 0 Å². The van der Waals surface area contributed by atoms with Gasteiger partial charge in [0.15, 0.2) is 0 Å². The van der Waals surface area contributed by atoms with Crippen molar-refractivity contribution < 1.29 is 0 Å². The van der Waals surface area contributed by atoms with Crippen molar-refractivity contribution in [1.29, 1.82) is 0 Å². The number of hydrogen-bond donors (Lipinski definition) is 1. The van der Waals surface area contributed by atoms with Crippen LogP contribution in [0.4, 0.5) is 0 Å². The van der Waals surface area contributed by atoms with Crippen LogP contribution < -0.4 is 5.73 Å². The molecule has 0 spiro atoms. The summed E-state index contributed by atoms with van der Waals surface area (Å²) < 4.78 is 0. The van der Waals surface area contributed by atoms with Gasteiger partial charge in [-0.15, -0.1) is 0 Å². The van der Waals surface area contributed by atoms with Crippen molar-refractivity contribution in [2.24, 2.45) is 28.9 Å². The van der Waals surface area contributed by atoms with E-state index in [9.17, 15) is 0 Å². The maximum absolute atomic E-state index is 5.79. The Kier molecular flexibility index (Phi) is 2.12. The maximum atomic E-state index is 5.79. The predicted octanol–water partition coefficient (Wildman–Crippen LogP) is 2.94. The van der Waals surface area contributed by atoms with Gasteiger partial charge in [0, 0.05) is 0 Å². The van der Waals surface area contributed by atoms with Crippen molar-refractivity contribution >= 4 is 0 Å². The fourth-order valence-electron chi connectivity index (χ4n) is 4.82. The molecular formula is C13H23N. The molecule has 3 saturated carbocycles. The van der Waals surface area contributed by atoms with Gasteiger partial charge in [-0.3, -0.25) is 0 Å².